The Kier molecular flexibility index (Phi) is 8.09. The lowest BCUT2D eigenvalue weighted by molar-refractivity contribution is 0.0535. The number of rotatable bonds is 6. The summed E-state index contributed by atoms with van der Waals surface area (Å²) in [5.41, 5.74) is -0.109. The van der Waals surface area contributed by atoms with Crippen LogP contribution in [-0.4, -0.2) is 68.8 Å². The van der Waals surface area contributed by atoms with Crippen molar-refractivity contribution in [3.8, 4) is 0 Å². The van der Waals surface area contributed by atoms with Crippen LogP contribution in [-0.2, 0) is 0 Å². The number of piperazine rings is 1. The van der Waals surface area contributed by atoms with Gasteiger partial charge >= 0.3 is 0 Å². The van der Waals surface area contributed by atoms with Gasteiger partial charge in [0.25, 0.3) is 32.8 Å². The number of nitrogens with zero attached hydrogens (tertiary/aromatic N) is 2. The van der Waals surface area contributed by atoms with E-state index in [0.717, 1.165) is 0 Å². The second-order valence-corrected chi connectivity index (χ2v) is 8.65. The van der Waals surface area contributed by atoms with Crippen molar-refractivity contribution in [2.24, 2.45) is 0 Å². The van der Waals surface area contributed by atoms with Crippen LogP contribution in [0, 0.1) is 0 Å². The average molecular weight is 544 g/mol. The zero-order valence-electron chi connectivity index (χ0n) is 17.1. The summed E-state index contributed by atoms with van der Waals surface area (Å²) >= 11 is 22.0. The SMILES string of the molecule is O=C(Cl)c1cc(C(=O)Cl)cc(C(=O)N2CCN(C(=O)c3cc(C(=O)Cl)cc(C(=O)Cl)c3)CC2)c1. The molecule has 0 atom stereocenters. The average Bonchev–Trinajstić information content (AvgIpc) is 2.82. The summed E-state index contributed by atoms with van der Waals surface area (Å²) in [6.45, 7) is 0.568. The predicted octanol–water partition coefficient (Wildman–Crippen LogP) is 3.80. The van der Waals surface area contributed by atoms with Crippen LogP contribution in [0.5, 0.6) is 0 Å². The summed E-state index contributed by atoms with van der Waals surface area (Å²) in [4.78, 5) is 74.9. The molecular weight excluding hydrogens is 530 g/mol. The van der Waals surface area contributed by atoms with Gasteiger partial charge in [0.2, 0.25) is 0 Å². The molecule has 1 heterocycles. The molecule has 34 heavy (non-hydrogen) atoms. The normalized spacial score (nSPS) is 13.4. The molecule has 1 aliphatic heterocycles. The molecule has 1 saturated heterocycles. The Morgan fingerprint density at radius 3 is 0.853 bits per heavy atom. The molecule has 0 bridgehead atoms. The summed E-state index contributed by atoms with van der Waals surface area (Å²) < 4.78 is 0. The topological polar surface area (TPSA) is 109 Å². The van der Waals surface area contributed by atoms with Crippen LogP contribution in [0.1, 0.15) is 62.1 Å². The molecule has 1 fully saturated rings. The molecule has 0 saturated carbocycles. The molecule has 0 radical (unpaired) electrons. The number of benzene rings is 2. The predicted molar refractivity (Wildman–Crippen MR) is 125 cm³/mol. The van der Waals surface area contributed by atoms with Crippen molar-refractivity contribution in [1.82, 2.24) is 9.80 Å². The van der Waals surface area contributed by atoms with Crippen LogP contribution in [0.2, 0.25) is 0 Å². The van der Waals surface area contributed by atoms with Gasteiger partial charge in [0, 0.05) is 59.6 Å². The second-order valence-electron chi connectivity index (χ2n) is 7.28. The van der Waals surface area contributed by atoms with Gasteiger partial charge in [-0.1, -0.05) is 0 Å². The number of carbonyl (C=O) groups is 6. The lowest BCUT2D eigenvalue weighted by Gasteiger charge is -2.35. The van der Waals surface area contributed by atoms with E-state index >= 15 is 0 Å². The Morgan fingerprint density at radius 1 is 0.441 bits per heavy atom. The van der Waals surface area contributed by atoms with Crippen LogP contribution in [0.25, 0.3) is 0 Å². The molecule has 2 amide bonds. The Balaban J connectivity index is 1.77. The van der Waals surface area contributed by atoms with E-state index in [0.29, 0.717) is 0 Å². The third-order valence-electron chi connectivity index (χ3n) is 5.12. The Labute approximate surface area is 213 Å². The van der Waals surface area contributed by atoms with Gasteiger partial charge in [-0.05, 0) is 82.8 Å². The maximum absolute atomic E-state index is 12.9. The molecule has 12 heteroatoms. The summed E-state index contributed by atoms with van der Waals surface area (Å²) in [5.74, 6) is -0.952. The first kappa shape index (κ1) is 25.8. The van der Waals surface area contributed by atoms with Gasteiger partial charge < -0.3 is 9.80 Å². The standard InChI is InChI=1S/C22H14Cl4N2O6/c23-17(29)11-5-12(18(24)30)8-15(7-11)21(33)27-1-2-28(4-3-27)22(34)16-9-13(19(25)31)6-14(10-16)20(26)32/h5-10H,1-4H2. The van der Waals surface area contributed by atoms with E-state index < -0.39 is 32.8 Å². The molecule has 2 aromatic rings. The van der Waals surface area contributed by atoms with Crippen LogP contribution in [0.4, 0.5) is 0 Å². The van der Waals surface area contributed by atoms with Crippen molar-refractivity contribution in [1.29, 1.82) is 0 Å². The van der Waals surface area contributed by atoms with Gasteiger partial charge in [0.1, 0.15) is 0 Å². The third kappa shape index (κ3) is 5.82. The van der Waals surface area contributed by atoms with Crippen molar-refractivity contribution < 1.29 is 28.8 Å². The third-order valence-corrected chi connectivity index (χ3v) is 5.99. The minimum absolute atomic E-state index is 0.0499. The maximum Gasteiger partial charge on any atom is 0.254 e. The lowest BCUT2D eigenvalue weighted by atomic mass is 10.0. The summed E-state index contributed by atoms with van der Waals surface area (Å²) in [7, 11) is 0. The molecular formula is C22H14Cl4N2O6. The van der Waals surface area contributed by atoms with Gasteiger partial charge in [0.05, 0.1) is 0 Å². The molecule has 1 aliphatic rings. The van der Waals surface area contributed by atoms with Crippen molar-refractivity contribution in [3.05, 3.63) is 69.8 Å². The highest BCUT2D eigenvalue weighted by atomic mass is 35.5. The Bertz CT molecular complexity index is 1080. The molecule has 0 spiro atoms. The van der Waals surface area contributed by atoms with Gasteiger partial charge in [-0.2, -0.15) is 0 Å². The van der Waals surface area contributed by atoms with Crippen molar-refractivity contribution in [2.75, 3.05) is 26.2 Å². The first-order valence-corrected chi connectivity index (χ1v) is 11.2. The first-order valence-electron chi connectivity index (χ1n) is 9.66. The molecule has 2 aromatic carbocycles. The number of hydrogen-bond acceptors (Lipinski definition) is 6. The van der Waals surface area contributed by atoms with Crippen LogP contribution >= 0.6 is 46.4 Å². The van der Waals surface area contributed by atoms with Crippen molar-refractivity contribution in [2.45, 2.75) is 0 Å². The summed E-state index contributed by atoms with van der Waals surface area (Å²) in [6.07, 6.45) is 0. The van der Waals surface area contributed by atoms with E-state index in [1.807, 2.05) is 0 Å². The minimum atomic E-state index is -0.850. The van der Waals surface area contributed by atoms with Crippen LogP contribution < -0.4 is 0 Å². The summed E-state index contributed by atoms with van der Waals surface area (Å²) in [6, 6.07) is 7.43. The molecule has 0 aromatic heterocycles. The quantitative estimate of drug-likeness (QED) is 0.513. The number of carbonyl (C=O) groups excluding carboxylic acids is 6. The Hall–Kier alpha value is -2.78. The zero-order valence-corrected chi connectivity index (χ0v) is 20.2. The second kappa shape index (κ2) is 10.7. The number of amides is 2. The van der Waals surface area contributed by atoms with E-state index in [9.17, 15) is 28.8 Å². The van der Waals surface area contributed by atoms with E-state index in [2.05, 4.69) is 0 Å². The van der Waals surface area contributed by atoms with Gasteiger partial charge in [-0.15, -0.1) is 0 Å². The van der Waals surface area contributed by atoms with E-state index in [1.165, 1.54) is 46.2 Å². The smallest absolute Gasteiger partial charge is 0.254 e. The highest BCUT2D eigenvalue weighted by Gasteiger charge is 2.27. The monoisotopic (exact) mass is 542 g/mol. The molecule has 3 rings (SSSR count). The first-order chi connectivity index (χ1) is 16.0. The Morgan fingerprint density at radius 2 is 0.647 bits per heavy atom. The largest absolute Gasteiger partial charge is 0.335 e. The fourth-order valence-corrected chi connectivity index (χ4v) is 3.87. The zero-order chi connectivity index (χ0) is 25.2. The summed E-state index contributed by atoms with van der Waals surface area (Å²) in [5, 5.41) is -3.40. The highest BCUT2D eigenvalue weighted by molar-refractivity contribution is 6.69. The van der Waals surface area contributed by atoms with Gasteiger partial charge in [-0.3, -0.25) is 28.8 Å². The van der Waals surface area contributed by atoms with E-state index in [4.69, 9.17) is 46.4 Å². The fourth-order valence-electron chi connectivity index (χ4n) is 3.43. The molecule has 8 nitrogen and oxygen atoms in total. The van der Waals surface area contributed by atoms with E-state index in [-0.39, 0.29) is 59.6 Å². The minimum Gasteiger partial charge on any atom is -0.335 e. The number of halogens is 4. The maximum atomic E-state index is 12.9. The molecule has 0 N–H and O–H groups in total. The highest BCUT2D eigenvalue weighted by Crippen LogP contribution is 2.20. The molecule has 0 aliphatic carbocycles. The molecule has 176 valence electrons. The van der Waals surface area contributed by atoms with Gasteiger partial charge in [-0.25, -0.2) is 0 Å². The lowest BCUT2D eigenvalue weighted by Crippen LogP contribution is -2.50. The van der Waals surface area contributed by atoms with Crippen molar-refractivity contribution in [3.63, 3.8) is 0 Å². The van der Waals surface area contributed by atoms with Gasteiger partial charge in [0.15, 0.2) is 0 Å². The number of hydrogen-bond donors (Lipinski definition) is 0. The van der Waals surface area contributed by atoms with Crippen molar-refractivity contribution >= 4 is 79.2 Å². The molecule has 0 unspecified atom stereocenters. The fraction of sp³-hybridized carbons (Fsp3) is 0.182. The van der Waals surface area contributed by atoms with Crippen LogP contribution in [0.3, 0.4) is 0 Å². The van der Waals surface area contributed by atoms with Crippen LogP contribution in [0.15, 0.2) is 36.4 Å². The van der Waals surface area contributed by atoms with E-state index in [1.54, 1.807) is 0 Å².